The van der Waals surface area contributed by atoms with Crippen molar-refractivity contribution < 1.29 is 37.1 Å². The van der Waals surface area contributed by atoms with Gasteiger partial charge < -0.3 is 35.1 Å². The SMILES string of the molecule is CCOC(C=O)CN(C(=O)[C@H](CC(=O)NC[C@@H]1CCCN(C(=N)N)C1)NS(=O)(=O)c1ccccc1C(=O)OC)C1CC1.Cl. The lowest BCUT2D eigenvalue weighted by atomic mass is 9.98. The van der Waals surface area contributed by atoms with Crippen LogP contribution in [-0.4, -0.2) is 106 Å². The van der Waals surface area contributed by atoms with E-state index in [1.165, 1.54) is 29.2 Å². The number of nitrogens with one attached hydrogen (secondary N) is 3. The molecule has 1 heterocycles. The lowest BCUT2D eigenvalue weighted by molar-refractivity contribution is -0.139. The fourth-order valence-electron chi connectivity index (χ4n) is 4.92. The Kier molecular flexibility index (Phi) is 13.8. The normalized spacial score (nSPS) is 18.0. The molecule has 1 saturated carbocycles. The quantitative estimate of drug-likeness (QED) is 0.0887. The first kappa shape index (κ1) is 35.9. The number of guanidine groups is 1. The van der Waals surface area contributed by atoms with Crippen LogP contribution in [0.4, 0.5) is 0 Å². The van der Waals surface area contributed by atoms with Gasteiger partial charge in [-0.15, -0.1) is 12.4 Å². The number of aldehydes is 1. The molecule has 0 spiro atoms. The van der Waals surface area contributed by atoms with Crippen molar-refractivity contribution in [3.8, 4) is 0 Å². The average Bonchev–Trinajstić information content (AvgIpc) is 3.82. The van der Waals surface area contributed by atoms with Gasteiger partial charge >= 0.3 is 5.97 Å². The third-order valence-electron chi connectivity index (χ3n) is 7.19. The van der Waals surface area contributed by atoms with Crippen molar-refractivity contribution in [2.24, 2.45) is 11.7 Å². The van der Waals surface area contributed by atoms with Gasteiger partial charge in [-0.2, -0.15) is 4.72 Å². The van der Waals surface area contributed by atoms with E-state index in [0.29, 0.717) is 32.2 Å². The molecule has 1 aromatic rings. The summed E-state index contributed by atoms with van der Waals surface area (Å²) in [6.07, 6.45) is 2.08. The highest BCUT2D eigenvalue weighted by Gasteiger charge is 2.40. The Hall–Kier alpha value is -3.27. The fourth-order valence-corrected chi connectivity index (χ4v) is 6.31. The summed E-state index contributed by atoms with van der Waals surface area (Å²) in [4.78, 5) is 53.5. The van der Waals surface area contributed by atoms with Crippen LogP contribution < -0.4 is 15.8 Å². The topological polar surface area (TPSA) is 201 Å². The molecule has 0 aromatic heterocycles. The number of esters is 1. The highest BCUT2D eigenvalue weighted by molar-refractivity contribution is 7.89. The molecular formula is C27H41ClN6O8S. The second-order valence-electron chi connectivity index (χ2n) is 10.4. The van der Waals surface area contributed by atoms with Gasteiger partial charge in [-0.05, 0) is 50.7 Å². The summed E-state index contributed by atoms with van der Waals surface area (Å²) < 4.78 is 39.5. The van der Waals surface area contributed by atoms with Crippen LogP contribution in [0, 0.1) is 11.3 Å². The molecule has 2 amide bonds. The molecule has 3 atom stereocenters. The van der Waals surface area contributed by atoms with Crippen LogP contribution in [0.25, 0.3) is 0 Å². The molecule has 0 radical (unpaired) electrons. The van der Waals surface area contributed by atoms with Gasteiger partial charge in [0.25, 0.3) is 0 Å². The molecule has 2 fully saturated rings. The number of sulfonamides is 1. The lowest BCUT2D eigenvalue weighted by Crippen LogP contribution is -2.53. The minimum absolute atomic E-state index is 0. The second kappa shape index (κ2) is 16.5. The smallest absolute Gasteiger partial charge is 0.339 e. The van der Waals surface area contributed by atoms with E-state index >= 15 is 0 Å². The average molecular weight is 645 g/mol. The summed E-state index contributed by atoms with van der Waals surface area (Å²) in [5.74, 6) is -2.15. The number of amides is 2. The Morgan fingerprint density at radius 3 is 2.53 bits per heavy atom. The van der Waals surface area contributed by atoms with E-state index in [1.807, 2.05) is 0 Å². The van der Waals surface area contributed by atoms with Crippen molar-refractivity contribution in [2.45, 2.75) is 62.1 Å². The Morgan fingerprint density at radius 2 is 1.93 bits per heavy atom. The summed E-state index contributed by atoms with van der Waals surface area (Å²) in [6.45, 7) is 3.26. The number of halogens is 1. The molecule has 0 bridgehead atoms. The first-order chi connectivity index (χ1) is 20.0. The molecule has 5 N–H and O–H groups in total. The minimum atomic E-state index is -4.49. The van der Waals surface area contributed by atoms with Crippen LogP contribution in [0.3, 0.4) is 0 Å². The van der Waals surface area contributed by atoms with Crippen LogP contribution in [0.1, 0.15) is 49.4 Å². The van der Waals surface area contributed by atoms with Gasteiger partial charge in [0, 0.05) is 32.3 Å². The molecule has 43 heavy (non-hydrogen) atoms. The maximum absolute atomic E-state index is 13.8. The van der Waals surface area contributed by atoms with Gasteiger partial charge in [0.2, 0.25) is 21.8 Å². The number of carbonyl (C=O) groups is 4. The highest BCUT2D eigenvalue weighted by Crippen LogP contribution is 2.28. The van der Waals surface area contributed by atoms with Gasteiger partial charge in [0.05, 0.1) is 30.5 Å². The Bertz CT molecular complexity index is 1260. The van der Waals surface area contributed by atoms with Gasteiger partial charge in [-0.1, -0.05) is 12.1 Å². The predicted octanol–water partition coefficient (Wildman–Crippen LogP) is 0.249. The van der Waals surface area contributed by atoms with E-state index in [9.17, 15) is 27.6 Å². The number of methoxy groups -OCH3 is 1. The molecule has 2 aliphatic rings. The molecule has 1 saturated heterocycles. The zero-order valence-corrected chi connectivity index (χ0v) is 26.0. The van der Waals surface area contributed by atoms with E-state index < -0.39 is 51.3 Å². The van der Waals surface area contributed by atoms with Gasteiger partial charge in [0.15, 0.2) is 12.2 Å². The number of nitrogens with zero attached hydrogens (tertiary/aromatic N) is 2. The van der Waals surface area contributed by atoms with E-state index in [0.717, 1.165) is 20.0 Å². The number of benzene rings is 1. The van der Waals surface area contributed by atoms with Gasteiger partial charge in [-0.25, -0.2) is 13.2 Å². The summed E-state index contributed by atoms with van der Waals surface area (Å²) in [5.41, 5.74) is 5.38. The summed E-state index contributed by atoms with van der Waals surface area (Å²) in [6, 6.07) is 3.63. The number of ether oxygens (including phenoxy) is 2. The standard InChI is InChI=1S/C27H40N6O8S.ClH/c1-3-41-20(17-34)16-33(19-10-11-19)25(36)22(13-24(35)30-14-18-7-6-12-32(15-18)27(28)29)31-42(38,39)23-9-5-4-8-21(23)26(37)40-2;/h4-5,8-9,17-20,22,31H,3,6-7,10-16H2,1-2H3,(H3,28,29)(H,30,35);1H/t18-,20?,22-;/m0./s1. The van der Waals surface area contributed by atoms with Crippen LogP contribution in [0.2, 0.25) is 0 Å². The van der Waals surface area contributed by atoms with Crippen LogP contribution >= 0.6 is 12.4 Å². The zero-order chi connectivity index (χ0) is 30.9. The zero-order valence-electron chi connectivity index (χ0n) is 24.3. The first-order valence-corrected chi connectivity index (χ1v) is 15.4. The Labute approximate surface area is 258 Å². The number of carbonyl (C=O) groups excluding carboxylic acids is 4. The monoisotopic (exact) mass is 644 g/mol. The van der Waals surface area contributed by atoms with E-state index in [1.54, 1.807) is 11.8 Å². The maximum Gasteiger partial charge on any atom is 0.339 e. The summed E-state index contributed by atoms with van der Waals surface area (Å²) >= 11 is 0. The molecule has 3 rings (SSSR count). The molecule has 14 nitrogen and oxygen atoms in total. The highest BCUT2D eigenvalue weighted by atomic mass is 35.5. The molecule has 240 valence electrons. The number of nitrogens with two attached hydrogens (primary N) is 1. The number of likely N-dealkylation sites (tertiary alicyclic amines) is 1. The molecular weight excluding hydrogens is 604 g/mol. The van der Waals surface area contributed by atoms with E-state index in [-0.39, 0.29) is 55.6 Å². The first-order valence-electron chi connectivity index (χ1n) is 13.9. The molecule has 1 aliphatic heterocycles. The Balaban J connectivity index is 0.00000645. The molecule has 1 aromatic carbocycles. The maximum atomic E-state index is 13.8. The fraction of sp³-hybridized carbons (Fsp3) is 0.593. The van der Waals surface area contributed by atoms with Crippen molar-refractivity contribution in [1.29, 1.82) is 5.41 Å². The van der Waals surface area contributed by atoms with Gasteiger partial charge in [0.1, 0.15) is 12.1 Å². The number of piperidine rings is 1. The van der Waals surface area contributed by atoms with Gasteiger partial charge in [-0.3, -0.25) is 15.0 Å². The third-order valence-corrected chi connectivity index (χ3v) is 8.72. The molecule has 1 unspecified atom stereocenters. The predicted molar refractivity (Wildman–Crippen MR) is 159 cm³/mol. The number of hydrogen-bond donors (Lipinski definition) is 4. The van der Waals surface area contributed by atoms with Crippen molar-refractivity contribution in [2.75, 3.05) is 39.9 Å². The van der Waals surface area contributed by atoms with Crippen LogP contribution in [0.15, 0.2) is 29.2 Å². The van der Waals surface area contributed by atoms with E-state index in [2.05, 4.69) is 10.0 Å². The van der Waals surface area contributed by atoms with Crippen molar-refractivity contribution in [3.63, 3.8) is 0 Å². The third kappa shape index (κ3) is 10.2. The van der Waals surface area contributed by atoms with Crippen molar-refractivity contribution in [1.82, 2.24) is 19.8 Å². The molecule has 1 aliphatic carbocycles. The second-order valence-corrected chi connectivity index (χ2v) is 12.0. The summed E-state index contributed by atoms with van der Waals surface area (Å²) in [7, 11) is -3.38. The molecule has 16 heteroatoms. The van der Waals surface area contributed by atoms with Crippen molar-refractivity contribution >= 4 is 52.5 Å². The minimum Gasteiger partial charge on any atom is -0.465 e. The largest absolute Gasteiger partial charge is 0.465 e. The van der Waals surface area contributed by atoms with Crippen LogP contribution in [-0.2, 0) is 33.9 Å². The van der Waals surface area contributed by atoms with Crippen LogP contribution in [0.5, 0.6) is 0 Å². The van der Waals surface area contributed by atoms with E-state index in [4.69, 9.17) is 20.6 Å². The Morgan fingerprint density at radius 1 is 1.23 bits per heavy atom. The summed E-state index contributed by atoms with van der Waals surface area (Å²) in [5, 5.41) is 10.4. The van der Waals surface area contributed by atoms with Crippen molar-refractivity contribution in [3.05, 3.63) is 29.8 Å². The lowest BCUT2D eigenvalue weighted by Gasteiger charge is -2.33. The number of rotatable bonds is 15. The number of hydrogen-bond acceptors (Lipinski definition) is 9.